The lowest BCUT2D eigenvalue weighted by atomic mass is 10.3. The number of fused-ring (bicyclic) bond motifs is 1. The molecule has 0 aliphatic rings. The monoisotopic (exact) mass is 362 g/mol. The van der Waals surface area contributed by atoms with Gasteiger partial charge in [-0.15, -0.1) is 0 Å². The Kier molecular flexibility index (Phi) is 4.42. The van der Waals surface area contributed by atoms with Crippen molar-refractivity contribution in [1.82, 2.24) is 19.5 Å². The maximum atomic E-state index is 14.0. The Hall–Kier alpha value is -3.48. The number of halogens is 1. The molecule has 136 valence electrons. The van der Waals surface area contributed by atoms with E-state index in [9.17, 15) is 4.39 Å². The van der Waals surface area contributed by atoms with Gasteiger partial charge >= 0.3 is 0 Å². The molecule has 6 nitrogen and oxygen atoms in total. The van der Waals surface area contributed by atoms with Gasteiger partial charge in [0.1, 0.15) is 11.3 Å². The summed E-state index contributed by atoms with van der Waals surface area (Å²) in [6.45, 7) is 4.06. The summed E-state index contributed by atoms with van der Waals surface area (Å²) in [4.78, 5) is 13.5. The summed E-state index contributed by atoms with van der Waals surface area (Å²) in [5.41, 5.74) is 2.58. The zero-order valence-electron chi connectivity index (χ0n) is 15.0. The predicted molar refractivity (Wildman–Crippen MR) is 105 cm³/mol. The summed E-state index contributed by atoms with van der Waals surface area (Å²) >= 11 is 0. The summed E-state index contributed by atoms with van der Waals surface area (Å²) in [7, 11) is 0. The minimum Gasteiger partial charge on any atom is -0.324 e. The summed E-state index contributed by atoms with van der Waals surface area (Å²) in [5, 5.41) is 6.26. The molecule has 27 heavy (non-hydrogen) atoms. The van der Waals surface area contributed by atoms with Gasteiger partial charge in [-0.25, -0.2) is 14.4 Å². The van der Waals surface area contributed by atoms with Gasteiger partial charge in [0.25, 0.3) is 0 Å². The van der Waals surface area contributed by atoms with E-state index in [4.69, 9.17) is 0 Å². The Morgan fingerprint density at radius 3 is 2.41 bits per heavy atom. The maximum Gasteiger partial charge on any atom is 0.229 e. The molecule has 4 aromatic rings. The molecule has 4 rings (SSSR count). The lowest BCUT2D eigenvalue weighted by Crippen LogP contribution is -2.08. The van der Waals surface area contributed by atoms with E-state index >= 15 is 0 Å². The van der Waals surface area contributed by atoms with Crippen LogP contribution in [0, 0.1) is 5.82 Å². The Morgan fingerprint density at radius 1 is 0.926 bits per heavy atom. The van der Waals surface area contributed by atoms with Crippen LogP contribution in [-0.2, 0) is 0 Å². The van der Waals surface area contributed by atoms with Crippen molar-refractivity contribution in [2.24, 2.45) is 0 Å². The van der Waals surface area contributed by atoms with Gasteiger partial charge in [0.2, 0.25) is 11.9 Å². The van der Waals surface area contributed by atoms with E-state index in [1.807, 2.05) is 48.7 Å². The molecule has 0 aliphatic heterocycles. The molecule has 2 N–H and O–H groups in total. The number of imidazole rings is 1. The first-order chi connectivity index (χ1) is 13.1. The Labute approximate surface area is 156 Å². The number of para-hydroxylation sites is 2. The Bertz CT molecular complexity index is 1070. The zero-order valence-corrected chi connectivity index (χ0v) is 15.0. The van der Waals surface area contributed by atoms with Crippen LogP contribution in [0.15, 0.2) is 60.8 Å². The van der Waals surface area contributed by atoms with Crippen molar-refractivity contribution in [3.05, 3.63) is 66.6 Å². The second-order valence-electron chi connectivity index (χ2n) is 6.40. The van der Waals surface area contributed by atoms with Gasteiger partial charge in [0.05, 0.1) is 11.9 Å². The molecular formula is C20H19FN6. The molecule has 7 heteroatoms. The SMILES string of the molecule is CC(C)n1c(Nc2ccccc2F)nc2cnc(Nc3ccccc3)nc21. The molecular weight excluding hydrogens is 343 g/mol. The van der Waals surface area contributed by atoms with Crippen molar-refractivity contribution in [2.45, 2.75) is 19.9 Å². The molecule has 0 amide bonds. The molecule has 0 fully saturated rings. The van der Waals surface area contributed by atoms with Crippen molar-refractivity contribution < 1.29 is 4.39 Å². The highest BCUT2D eigenvalue weighted by atomic mass is 19.1. The van der Waals surface area contributed by atoms with E-state index in [2.05, 4.69) is 25.6 Å². The third-order valence-electron chi connectivity index (χ3n) is 4.10. The van der Waals surface area contributed by atoms with E-state index < -0.39 is 0 Å². The molecule has 0 spiro atoms. The smallest absolute Gasteiger partial charge is 0.229 e. The van der Waals surface area contributed by atoms with Crippen molar-refractivity contribution in [3.63, 3.8) is 0 Å². The summed E-state index contributed by atoms with van der Waals surface area (Å²) in [5.74, 6) is 0.668. The number of aromatic nitrogens is 4. The fourth-order valence-corrected chi connectivity index (χ4v) is 2.86. The van der Waals surface area contributed by atoms with Crippen LogP contribution in [0.3, 0.4) is 0 Å². The van der Waals surface area contributed by atoms with Crippen LogP contribution in [0.25, 0.3) is 11.2 Å². The van der Waals surface area contributed by atoms with Gasteiger partial charge in [-0.1, -0.05) is 30.3 Å². The highest BCUT2D eigenvalue weighted by Gasteiger charge is 2.17. The molecule has 0 atom stereocenters. The topological polar surface area (TPSA) is 67.7 Å². The minimum absolute atomic E-state index is 0.0729. The van der Waals surface area contributed by atoms with Crippen molar-refractivity contribution in [2.75, 3.05) is 10.6 Å². The largest absolute Gasteiger partial charge is 0.324 e. The fourth-order valence-electron chi connectivity index (χ4n) is 2.86. The second-order valence-corrected chi connectivity index (χ2v) is 6.40. The number of hydrogen-bond acceptors (Lipinski definition) is 5. The molecule has 0 saturated carbocycles. The lowest BCUT2D eigenvalue weighted by molar-refractivity contribution is 0.615. The minimum atomic E-state index is -0.336. The molecule has 0 bridgehead atoms. The number of benzene rings is 2. The Balaban J connectivity index is 1.75. The van der Waals surface area contributed by atoms with Crippen LogP contribution in [0.2, 0.25) is 0 Å². The number of hydrogen-bond donors (Lipinski definition) is 2. The van der Waals surface area contributed by atoms with Gasteiger partial charge in [0, 0.05) is 11.7 Å². The van der Waals surface area contributed by atoms with E-state index in [0.717, 1.165) is 5.69 Å². The van der Waals surface area contributed by atoms with Gasteiger partial charge in [0.15, 0.2) is 5.65 Å². The van der Waals surface area contributed by atoms with Crippen LogP contribution in [0.4, 0.5) is 27.7 Å². The number of nitrogens with one attached hydrogen (secondary N) is 2. The number of rotatable bonds is 5. The van der Waals surface area contributed by atoms with E-state index in [-0.39, 0.29) is 11.9 Å². The van der Waals surface area contributed by atoms with Gasteiger partial charge in [-0.2, -0.15) is 4.98 Å². The van der Waals surface area contributed by atoms with Crippen molar-refractivity contribution in [1.29, 1.82) is 0 Å². The average molecular weight is 362 g/mol. The summed E-state index contributed by atoms with van der Waals surface area (Å²) < 4.78 is 16.0. The molecule has 2 aromatic heterocycles. The molecule has 2 heterocycles. The first-order valence-corrected chi connectivity index (χ1v) is 8.70. The van der Waals surface area contributed by atoms with Gasteiger partial charge < -0.3 is 10.6 Å². The molecule has 0 radical (unpaired) electrons. The third-order valence-corrected chi connectivity index (χ3v) is 4.10. The van der Waals surface area contributed by atoms with E-state index in [1.54, 1.807) is 24.4 Å². The molecule has 0 aliphatic carbocycles. The lowest BCUT2D eigenvalue weighted by Gasteiger charge is -2.14. The van der Waals surface area contributed by atoms with Crippen LogP contribution < -0.4 is 10.6 Å². The van der Waals surface area contributed by atoms with Crippen molar-refractivity contribution in [3.8, 4) is 0 Å². The fraction of sp³-hybridized carbons (Fsp3) is 0.150. The predicted octanol–water partition coefficient (Wildman–Crippen LogP) is 5.03. The normalized spacial score (nSPS) is 11.1. The van der Waals surface area contributed by atoms with E-state index in [0.29, 0.717) is 28.7 Å². The second kappa shape index (κ2) is 7.03. The maximum absolute atomic E-state index is 14.0. The number of anilines is 4. The average Bonchev–Trinajstić information content (AvgIpc) is 3.02. The first kappa shape index (κ1) is 17.0. The third kappa shape index (κ3) is 3.44. The summed E-state index contributed by atoms with van der Waals surface area (Å²) in [6.07, 6.45) is 1.67. The van der Waals surface area contributed by atoms with Crippen LogP contribution in [0.5, 0.6) is 0 Å². The molecule has 2 aromatic carbocycles. The van der Waals surface area contributed by atoms with Gasteiger partial charge in [-0.05, 0) is 38.1 Å². The standard InChI is InChI=1S/C20H19FN6/c1-13(2)27-18-17(25-20(27)24-16-11-7-6-10-15(16)21)12-22-19(26-18)23-14-8-4-3-5-9-14/h3-13H,1-2H3,(H,24,25)(H,22,23,26). The molecule has 0 saturated heterocycles. The number of nitrogens with zero attached hydrogens (tertiary/aromatic N) is 4. The zero-order chi connectivity index (χ0) is 18.8. The summed E-state index contributed by atoms with van der Waals surface area (Å²) in [6, 6.07) is 16.3. The van der Waals surface area contributed by atoms with Gasteiger partial charge in [-0.3, -0.25) is 4.57 Å². The highest BCUT2D eigenvalue weighted by molar-refractivity contribution is 5.77. The van der Waals surface area contributed by atoms with Crippen LogP contribution in [-0.4, -0.2) is 19.5 Å². The molecule has 0 unspecified atom stereocenters. The first-order valence-electron chi connectivity index (χ1n) is 8.70. The quantitative estimate of drug-likeness (QED) is 0.521. The van der Waals surface area contributed by atoms with Crippen molar-refractivity contribution >= 4 is 34.4 Å². The van der Waals surface area contributed by atoms with E-state index in [1.165, 1.54) is 6.07 Å². The Morgan fingerprint density at radius 2 is 1.67 bits per heavy atom. The van der Waals surface area contributed by atoms with Crippen LogP contribution in [0.1, 0.15) is 19.9 Å². The highest BCUT2D eigenvalue weighted by Crippen LogP contribution is 2.27. The van der Waals surface area contributed by atoms with Crippen LogP contribution >= 0.6 is 0 Å².